The molecule has 8 heteroatoms. The Bertz CT molecular complexity index is 849. The van der Waals surface area contributed by atoms with Crippen molar-refractivity contribution in [3.05, 3.63) is 41.7 Å². The van der Waals surface area contributed by atoms with Gasteiger partial charge in [0.1, 0.15) is 17.3 Å². The second-order valence-corrected chi connectivity index (χ2v) is 6.78. The van der Waals surface area contributed by atoms with Crippen LogP contribution in [0.15, 0.2) is 24.3 Å². The molecule has 1 amide bonds. The molecule has 1 aromatic carbocycles. The monoisotopic (exact) mass is 360 g/mol. The second kappa shape index (κ2) is 6.86. The van der Waals surface area contributed by atoms with Crippen molar-refractivity contribution in [3.8, 4) is 5.69 Å². The van der Waals surface area contributed by atoms with E-state index in [4.69, 9.17) is 0 Å². The van der Waals surface area contributed by atoms with Crippen LogP contribution in [0.3, 0.4) is 0 Å². The van der Waals surface area contributed by atoms with Crippen LogP contribution >= 0.6 is 0 Å². The zero-order chi connectivity index (χ0) is 19.0. The molecule has 1 saturated heterocycles. The molecule has 1 aliphatic heterocycles. The lowest BCUT2D eigenvalue weighted by Gasteiger charge is -2.21. The molecule has 1 N–H and O–H groups in total. The smallest absolute Gasteiger partial charge is 0.308 e. The van der Waals surface area contributed by atoms with Gasteiger partial charge in [-0.2, -0.15) is 0 Å². The highest BCUT2D eigenvalue weighted by atomic mass is 19.1. The van der Waals surface area contributed by atoms with Gasteiger partial charge in [0.25, 0.3) is 5.91 Å². The van der Waals surface area contributed by atoms with Gasteiger partial charge in [-0.15, -0.1) is 5.10 Å². The van der Waals surface area contributed by atoms with E-state index < -0.39 is 29.7 Å². The molecule has 0 bridgehead atoms. The number of benzene rings is 1. The van der Waals surface area contributed by atoms with Crippen molar-refractivity contribution in [1.82, 2.24) is 19.7 Å². The average Bonchev–Trinajstić information content (AvgIpc) is 3.19. The Morgan fingerprint density at radius 3 is 2.58 bits per heavy atom. The Labute approximate surface area is 150 Å². The highest BCUT2D eigenvalue weighted by molar-refractivity contribution is 5.91. The number of hydrogen-bond donors (Lipinski definition) is 1. The minimum absolute atomic E-state index is 0.0464. The van der Waals surface area contributed by atoms with Crippen LogP contribution < -0.4 is 0 Å². The first-order chi connectivity index (χ1) is 12.3. The summed E-state index contributed by atoms with van der Waals surface area (Å²) in [7, 11) is 0. The molecule has 2 unspecified atom stereocenters. The lowest BCUT2D eigenvalue weighted by Crippen LogP contribution is -2.38. The van der Waals surface area contributed by atoms with E-state index in [0.29, 0.717) is 18.8 Å². The van der Waals surface area contributed by atoms with Crippen molar-refractivity contribution in [2.24, 2.45) is 5.92 Å². The fourth-order valence-corrected chi connectivity index (χ4v) is 3.27. The van der Waals surface area contributed by atoms with E-state index in [1.54, 1.807) is 25.1 Å². The van der Waals surface area contributed by atoms with Crippen LogP contribution in [0.1, 0.15) is 49.6 Å². The lowest BCUT2D eigenvalue weighted by atomic mass is 10.0. The predicted octanol–water partition coefficient (Wildman–Crippen LogP) is 2.47. The quantitative estimate of drug-likeness (QED) is 0.905. The number of hydrogen-bond acceptors (Lipinski definition) is 4. The molecule has 1 aliphatic rings. The number of aromatic nitrogens is 3. The van der Waals surface area contributed by atoms with Gasteiger partial charge in [0, 0.05) is 18.5 Å². The molecule has 26 heavy (non-hydrogen) atoms. The summed E-state index contributed by atoms with van der Waals surface area (Å²) in [5.74, 6) is -2.06. The number of para-hydroxylation sites is 1. The molecule has 138 valence electrons. The van der Waals surface area contributed by atoms with Crippen molar-refractivity contribution in [3.63, 3.8) is 0 Å². The van der Waals surface area contributed by atoms with Gasteiger partial charge in [-0.1, -0.05) is 26.0 Å². The third kappa shape index (κ3) is 3.07. The molecule has 0 saturated carbocycles. The summed E-state index contributed by atoms with van der Waals surface area (Å²) in [6.45, 7) is 5.81. The van der Waals surface area contributed by atoms with Crippen molar-refractivity contribution < 1.29 is 19.1 Å². The minimum atomic E-state index is -0.916. The summed E-state index contributed by atoms with van der Waals surface area (Å²) in [5.41, 5.74) is 0.223. The Kier molecular flexibility index (Phi) is 4.76. The average molecular weight is 360 g/mol. The summed E-state index contributed by atoms with van der Waals surface area (Å²) in [6, 6.07) is 5.72. The molecule has 2 heterocycles. The van der Waals surface area contributed by atoms with E-state index in [1.165, 1.54) is 15.6 Å². The first-order valence-electron chi connectivity index (χ1n) is 8.57. The largest absolute Gasteiger partial charge is 0.481 e. The standard InChI is InChI=1S/C18H21FN4O3/c1-10(2)16-20-15(21-23(16)14-7-5-4-6-13(14)19)17(24)22-9-8-12(11(22)3)18(25)26/h4-7,10-12H,8-9H2,1-3H3,(H,25,26). The number of carbonyl (C=O) groups excluding carboxylic acids is 1. The number of carbonyl (C=O) groups is 2. The summed E-state index contributed by atoms with van der Waals surface area (Å²) in [4.78, 5) is 29.9. The highest BCUT2D eigenvalue weighted by Gasteiger charge is 2.39. The van der Waals surface area contributed by atoms with E-state index in [1.807, 2.05) is 13.8 Å². The van der Waals surface area contributed by atoms with Crippen LogP contribution in [0.2, 0.25) is 0 Å². The molecule has 1 fully saturated rings. The second-order valence-electron chi connectivity index (χ2n) is 6.78. The Balaban J connectivity index is 1.97. The Morgan fingerprint density at radius 1 is 1.31 bits per heavy atom. The van der Waals surface area contributed by atoms with Crippen molar-refractivity contribution >= 4 is 11.9 Å². The minimum Gasteiger partial charge on any atom is -0.481 e. The number of likely N-dealkylation sites (tertiary alicyclic amines) is 1. The van der Waals surface area contributed by atoms with E-state index in [-0.39, 0.29) is 17.4 Å². The van der Waals surface area contributed by atoms with Crippen molar-refractivity contribution in [2.45, 2.75) is 39.2 Å². The fourth-order valence-electron chi connectivity index (χ4n) is 3.27. The summed E-state index contributed by atoms with van der Waals surface area (Å²) in [5, 5.41) is 13.5. The SMILES string of the molecule is CC(C)c1nc(C(=O)N2CCC(C(=O)O)C2C)nn1-c1ccccc1F. The zero-order valence-corrected chi connectivity index (χ0v) is 14.9. The molecule has 0 spiro atoms. The van der Waals surface area contributed by atoms with Gasteiger partial charge in [-0.05, 0) is 25.5 Å². The molecule has 1 aromatic heterocycles. The van der Waals surface area contributed by atoms with Gasteiger partial charge in [0.05, 0.1) is 5.92 Å². The number of amides is 1. The molecule has 0 aliphatic carbocycles. The predicted molar refractivity (Wildman–Crippen MR) is 91.6 cm³/mol. The number of nitrogens with zero attached hydrogens (tertiary/aromatic N) is 4. The molecule has 7 nitrogen and oxygen atoms in total. The molecule has 2 atom stereocenters. The first-order valence-corrected chi connectivity index (χ1v) is 8.57. The normalized spacial score (nSPS) is 20.0. The fraction of sp³-hybridized carbons (Fsp3) is 0.444. The van der Waals surface area contributed by atoms with Gasteiger partial charge in [-0.25, -0.2) is 14.1 Å². The maximum atomic E-state index is 14.2. The number of carboxylic acids is 1. The number of halogens is 1. The third-order valence-corrected chi connectivity index (χ3v) is 4.75. The highest BCUT2D eigenvalue weighted by Crippen LogP contribution is 2.26. The summed E-state index contributed by atoms with van der Waals surface area (Å²) in [6.07, 6.45) is 0.396. The van der Waals surface area contributed by atoms with Gasteiger partial charge in [0.2, 0.25) is 5.82 Å². The van der Waals surface area contributed by atoms with E-state index in [0.717, 1.165) is 0 Å². The van der Waals surface area contributed by atoms with Crippen LogP contribution in [0.4, 0.5) is 4.39 Å². The Morgan fingerprint density at radius 2 is 2.00 bits per heavy atom. The van der Waals surface area contributed by atoms with Gasteiger partial charge in [0.15, 0.2) is 0 Å². The zero-order valence-electron chi connectivity index (χ0n) is 14.9. The molecular formula is C18H21FN4O3. The maximum absolute atomic E-state index is 14.2. The van der Waals surface area contributed by atoms with E-state index in [9.17, 15) is 19.1 Å². The van der Waals surface area contributed by atoms with E-state index in [2.05, 4.69) is 10.1 Å². The van der Waals surface area contributed by atoms with Crippen molar-refractivity contribution in [1.29, 1.82) is 0 Å². The number of aliphatic carboxylic acids is 1. The topological polar surface area (TPSA) is 88.3 Å². The van der Waals surface area contributed by atoms with Crippen LogP contribution in [0.5, 0.6) is 0 Å². The summed E-state index contributed by atoms with van der Waals surface area (Å²) < 4.78 is 15.5. The lowest BCUT2D eigenvalue weighted by molar-refractivity contribution is -0.142. The third-order valence-electron chi connectivity index (χ3n) is 4.75. The molecule has 0 radical (unpaired) electrons. The van der Waals surface area contributed by atoms with E-state index >= 15 is 0 Å². The summed E-state index contributed by atoms with van der Waals surface area (Å²) >= 11 is 0. The van der Waals surface area contributed by atoms with Crippen LogP contribution in [-0.2, 0) is 4.79 Å². The van der Waals surface area contributed by atoms with Gasteiger partial charge in [-0.3, -0.25) is 9.59 Å². The molecule has 2 aromatic rings. The number of carboxylic acid groups (broad SMARTS) is 1. The molecule has 3 rings (SSSR count). The maximum Gasteiger partial charge on any atom is 0.308 e. The van der Waals surface area contributed by atoms with Crippen LogP contribution in [0.25, 0.3) is 5.69 Å². The molecular weight excluding hydrogens is 339 g/mol. The van der Waals surface area contributed by atoms with Gasteiger partial charge < -0.3 is 10.0 Å². The first kappa shape index (κ1) is 18.0. The van der Waals surface area contributed by atoms with Gasteiger partial charge >= 0.3 is 5.97 Å². The Hall–Kier alpha value is -2.77. The number of rotatable bonds is 4. The van der Waals surface area contributed by atoms with Crippen LogP contribution in [0, 0.1) is 11.7 Å². The van der Waals surface area contributed by atoms with Crippen molar-refractivity contribution in [2.75, 3.05) is 6.54 Å². The van der Waals surface area contributed by atoms with Crippen LogP contribution in [-0.4, -0.2) is 49.2 Å².